The van der Waals surface area contributed by atoms with Gasteiger partial charge in [0.2, 0.25) is 9.70 Å². The number of nitrogens with one attached hydrogen (secondary N) is 3. The number of carbonyl (C=O) groups is 1. The first-order valence-electron chi connectivity index (χ1n) is 7.93. The Morgan fingerprint density at radius 2 is 1.89 bits per heavy atom. The van der Waals surface area contributed by atoms with Gasteiger partial charge in [-0.1, -0.05) is 65.1 Å². The molecule has 1 amide bonds. The van der Waals surface area contributed by atoms with Gasteiger partial charge in [-0.3, -0.25) is 4.79 Å². The van der Waals surface area contributed by atoms with Crippen LogP contribution in [-0.2, 0) is 14.6 Å². The van der Waals surface area contributed by atoms with E-state index in [1.165, 1.54) is 6.08 Å². The molecule has 1 aliphatic rings. The Labute approximate surface area is 178 Å². The Kier molecular flexibility index (Phi) is 7.76. The van der Waals surface area contributed by atoms with Gasteiger partial charge in [-0.05, 0) is 30.3 Å². The summed E-state index contributed by atoms with van der Waals surface area (Å²) >= 11 is 22.9. The van der Waals surface area contributed by atoms with Crippen molar-refractivity contribution < 1.29 is 13.2 Å². The second kappa shape index (κ2) is 9.43. The maximum absolute atomic E-state index is 12.1. The molecular formula is C16H18Cl3N3O3S2. The number of alkyl halides is 3. The van der Waals surface area contributed by atoms with Gasteiger partial charge < -0.3 is 16.0 Å². The van der Waals surface area contributed by atoms with Crippen molar-refractivity contribution in [3.05, 3.63) is 42.0 Å². The van der Waals surface area contributed by atoms with Crippen LogP contribution in [0.3, 0.4) is 0 Å². The fourth-order valence-electron chi connectivity index (χ4n) is 2.39. The average molecular weight is 471 g/mol. The molecule has 0 saturated carbocycles. The highest BCUT2D eigenvalue weighted by Gasteiger charge is 2.35. The molecule has 3 N–H and O–H groups in total. The van der Waals surface area contributed by atoms with Crippen LogP contribution in [0.15, 0.2) is 36.4 Å². The highest BCUT2D eigenvalue weighted by Crippen LogP contribution is 2.29. The molecule has 1 heterocycles. The van der Waals surface area contributed by atoms with E-state index < -0.39 is 25.7 Å². The molecule has 0 aromatic heterocycles. The number of thiocarbonyl (C=S) groups is 1. The maximum atomic E-state index is 12.1. The number of sulfone groups is 1. The molecule has 11 heteroatoms. The maximum Gasteiger partial charge on any atom is 0.245 e. The van der Waals surface area contributed by atoms with E-state index >= 15 is 0 Å². The molecule has 1 saturated heterocycles. The lowest BCUT2D eigenvalue weighted by Crippen LogP contribution is -2.58. The summed E-state index contributed by atoms with van der Waals surface area (Å²) in [6.07, 6.45) is 2.24. The summed E-state index contributed by atoms with van der Waals surface area (Å²) in [6, 6.07) is 8.91. The first-order valence-corrected chi connectivity index (χ1v) is 11.3. The summed E-state index contributed by atoms with van der Waals surface area (Å²) in [5.74, 6) is -0.407. The molecule has 2 rings (SSSR count). The highest BCUT2D eigenvalue weighted by atomic mass is 35.6. The van der Waals surface area contributed by atoms with Gasteiger partial charge in [0.1, 0.15) is 6.17 Å². The van der Waals surface area contributed by atoms with E-state index in [4.69, 9.17) is 47.0 Å². The Hall–Kier alpha value is -1.06. The Morgan fingerprint density at radius 3 is 2.44 bits per heavy atom. The summed E-state index contributed by atoms with van der Waals surface area (Å²) in [4.78, 5) is 12.1. The largest absolute Gasteiger partial charge is 0.359 e. The summed E-state index contributed by atoms with van der Waals surface area (Å²) in [6.45, 7) is 0. The van der Waals surface area contributed by atoms with E-state index in [0.29, 0.717) is 6.42 Å². The molecular weight excluding hydrogens is 453 g/mol. The lowest BCUT2D eigenvalue weighted by Gasteiger charge is -2.28. The van der Waals surface area contributed by atoms with Crippen molar-refractivity contribution in [3.8, 4) is 0 Å². The van der Waals surface area contributed by atoms with Gasteiger partial charge in [0.25, 0.3) is 0 Å². The molecule has 2 atom stereocenters. The molecule has 0 radical (unpaired) electrons. The molecule has 0 spiro atoms. The quantitative estimate of drug-likeness (QED) is 0.265. The molecule has 0 aliphatic carbocycles. The Morgan fingerprint density at radius 1 is 1.22 bits per heavy atom. The zero-order chi connectivity index (χ0) is 20.1. The van der Waals surface area contributed by atoms with Crippen molar-refractivity contribution in [2.45, 2.75) is 22.4 Å². The SMILES string of the molecule is O=C(/C=C/c1ccccc1)N[C@@H](NC(=S)N[C@@H]1CCS(=O)(=O)C1)C(Cl)(Cl)Cl. The van der Waals surface area contributed by atoms with Crippen LogP contribution in [0, 0.1) is 0 Å². The molecule has 0 bridgehead atoms. The standard InChI is InChI=1S/C16H18Cl3N3O3S2/c17-16(18,19)14(21-13(23)7-6-11-4-2-1-3-5-11)22-15(26)20-12-8-9-27(24,25)10-12/h1-7,12,14H,8-10H2,(H,21,23)(H2,20,22,26)/b7-6+/t12-,14+/m1/s1. The minimum atomic E-state index is -3.06. The minimum absolute atomic E-state index is 0.0145. The molecule has 1 aromatic carbocycles. The van der Waals surface area contributed by atoms with Gasteiger partial charge in [-0.25, -0.2) is 8.42 Å². The van der Waals surface area contributed by atoms with Crippen molar-refractivity contribution in [3.63, 3.8) is 0 Å². The van der Waals surface area contributed by atoms with Gasteiger partial charge in [0.05, 0.1) is 11.5 Å². The lowest BCUT2D eigenvalue weighted by molar-refractivity contribution is -0.117. The monoisotopic (exact) mass is 469 g/mol. The number of amides is 1. The second-order valence-electron chi connectivity index (χ2n) is 5.94. The second-order valence-corrected chi connectivity index (χ2v) is 11.0. The third kappa shape index (κ3) is 7.83. The molecule has 27 heavy (non-hydrogen) atoms. The predicted octanol–water partition coefficient (Wildman–Crippen LogP) is 2.16. The van der Waals surface area contributed by atoms with E-state index in [2.05, 4.69) is 16.0 Å². The van der Waals surface area contributed by atoms with Crippen LogP contribution in [0.1, 0.15) is 12.0 Å². The summed E-state index contributed by atoms with van der Waals surface area (Å²) < 4.78 is 21.1. The van der Waals surface area contributed by atoms with E-state index in [0.717, 1.165) is 5.56 Å². The Balaban J connectivity index is 1.93. The van der Waals surface area contributed by atoms with Gasteiger partial charge in [-0.15, -0.1) is 0 Å². The van der Waals surface area contributed by atoms with E-state index in [9.17, 15) is 13.2 Å². The lowest BCUT2D eigenvalue weighted by atomic mass is 10.2. The van der Waals surface area contributed by atoms with Gasteiger partial charge >= 0.3 is 0 Å². The number of benzene rings is 1. The summed E-state index contributed by atoms with van der Waals surface area (Å²) in [7, 11) is -3.06. The fourth-order valence-corrected chi connectivity index (χ4v) is 4.68. The van der Waals surface area contributed by atoms with Crippen LogP contribution in [0.2, 0.25) is 0 Å². The third-order valence-corrected chi connectivity index (χ3v) is 6.34. The molecule has 1 fully saturated rings. The molecule has 6 nitrogen and oxygen atoms in total. The van der Waals surface area contributed by atoms with Crippen molar-refractivity contribution in [2.75, 3.05) is 11.5 Å². The van der Waals surface area contributed by atoms with Crippen LogP contribution >= 0.6 is 47.0 Å². The van der Waals surface area contributed by atoms with Crippen molar-refractivity contribution in [1.82, 2.24) is 16.0 Å². The normalized spacial score (nSPS) is 20.2. The number of hydrogen-bond acceptors (Lipinski definition) is 4. The summed E-state index contributed by atoms with van der Waals surface area (Å²) in [5.41, 5.74) is 0.839. The van der Waals surface area contributed by atoms with E-state index in [1.54, 1.807) is 6.08 Å². The first kappa shape index (κ1) is 22.2. The van der Waals surface area contributed by atoms with Gasteiger partial charge in [-0.2, -0.15) is 0 Å². The van der Waals surface area contributed by atoms with Gasteiger partial charge in [0.15, 0.2) is 14.9 Å². The molecule has 148 valence electrons. The number of rotatable bonds is 5. The van der Waals surface area contributed by atoms with Crippen molar-refractivity contribution in [2.24, 2.45) is 0 Å². The van der Waals surface area contributed by atoms with Crippen molar-refractivity contribution >= 4 is 74.0 Å². The predicted molar refractivity (Wildman–Crippen MR) is 114 cm³/mol. The third-order valence-electron chi connectivity index (χ3n) is 3.68. The van der Waals surface area contributed by atoms with Crippen LogP contribution in [-0.4, -0.2) is 46.9 Å². The van der Waals surface area contributed by atoms with Crippen LogP contribution in [0.5, 0.6) is 0 Å². The van der Waals surface area contributed by atoms with E-state index in [1.807, 2.05) is 30.3 Å². The zero-order valence-corrected chi connectivity index (χ0v) is 17.9. The van der Waals surface area contributed by atoms with Crippen LogP contribution < -0.4 is 16.0 Å². The minimum Gasteiger partial charge on any atom is -0.359 e. The molecule has 0 unspecified atom stereocenters. The molecule has 1 aromatic rings. The highest BCUT2D eigenvalue weighted by molar-refractivity contribution is 7.91. The zero-order valence-electron chi connectivity index (χ0n) is 14.0. The molecule has 1 aliphatic heterocycles. The number of halogens is 3. The number of carbonyl (C=O) groups excluding carboxylic acids is 1. The van der Waals surface area contributed by atoms with Crippen LogP contribution in [0.25, 0.3) is 6.08 Å². The van der Waals surface area contributed by atoms with E-state index in [-0.39, 0.29) is 22.7 Å². The number of hydrogen-bond donors (Lipinski definition) is 3. The topological polar surface area (TPSA) is 87.3 Å². The smallest absolute Gasteiger partial charge is 0.245 e. The van der Waals surface area contributed by atoms with Crippen molar-refractivity contribution in [1.29, 1.82) is 0 Å². The van der Waals surface area contributed by atoms with Crippen LogP contribution in [0.4, 0.5) is 0 Å². The average Bonchev–Trinajstić information content (AvgIpc) is 2.91. The fraction of sp³-hybridized carbons (Fsp3) is 0.375. The summed E-state index contributed by atoms with van der Waals surface area (Å²) in [5, 5.41) is 8.17. The first-order chi connectivity index (χ1) is 12.5. The Bertz CT molecular complexity index is 811. The van der Waals surface area contributed by atoms with Gasteiger partial charge in [0, 0.05) is 12.1 Å².